The van der Waals surface area contributed by atoms with E-state index in [1.54, 1.807) is 11.8 Å². The molecule has 4 nitrogen and oxygen atoms in total. The van der Waals surface area contributed by atoms with Crippen molar-refractivity contribution in [1.29, 1.82) is 0 Å². The molecule has 1 aliphatic carbocycles. The minimum Gasteiger partial charge on any atom is -0.368 e. The lowest BCUT2D eigenvalue weighted by Crippen LogP contribution is -2.40. The summed E-state index contributed by atoms with van der Waals surface area (Å²) in [6.07, 6.45) is 0.779. The molecule has 0 unspecified atom stereocenters. The summed E-state index contributed by atoms with van der Waals surface area (Å²) in [6.45, 7) is 0.585. The number of rotatable bonds is 4. The number of nitrogens with two attached hydrogens (primary N) is 1. The van der Waals surface area contributed by atoms with Gasteiger partial charge in [-0.2, -0.15) is 29.9 Å². The molecule has 0 amide bonds. The first kappa shape index (κ1) is 14.2. The number of hydrogen-bond donors (Lipinski definition) is 2. The molecule has 0 spiro atoms. The third kappa shape index (κ3) is 3.23. The van der Waals surface area contributed by atoms with Crippen molar-refractivity contribution in [2.24, 2.45) is 0 Å². The van der Waals surface area contributed by atoms with Gasteiger partial charge < -0.3 is 11.1 Å². The standard InChI is InChI=1S/C11H15F3N4S/c1-19-10(3-2-4-10)6-16-8-5-7(11(12,13)14)17-9(15)18-8/h5H,2-4,6H2,1H3,(H3,15,16,17,18). The largest absolute Gasteiger partial charge is 0.433 e. The molecule has 8 heteroatoms. The number of anilines is 2. The van der Waals surface area contributed by atoms with E-state index in [9.17, 15) is 13.2 Å². The van der Waals surface area contributed by atoms with Gasteiger partial charge in [-0.05, 0) is 19.1 Å². The molecule has 0 aliphatic heterocycles. The molecule has 2 rings (SSSR count). The molecule has 0 aromatic carbocycles. The van der Waals surface area contributed by atoms with E-state index in [0.29, 0.717) is 6.54 Å². The van der Waals surface area contributed by atoms with E-state index in [-0.39, 0.29) is 16.5 Å². The van der Waals surface area contributed by atoms with Gasteiger partial charge in [0.15, 0.2) is 5.69 Å². The van der Waals surface area contributed by atoms with Gasteiger partial charge in [-0.3, -0.25) is 0 Å². The number of thioether (sulfide) groups is 1. The molecule has 106 valence electrons. The Kier molecular flexibility index (Phi) is 3.80. The zero-order valence-electron chi connectivity index (χ0n) is 10.4. The van der Waals surface area contributed by atoms with Crippen molar-refractivity contribution in [3.05, 3.63) is 11.8 Å². The number of nitrogens with zero attached hydrogens (tertiary/aromatic N) is 2. The lowest BCUT2D eigenvalue weighted by molar-refractivity contribution is -0.141. The van der Waals surface area contributed by atoms with Gasteiger partial charge >= 0.3 is 6.18 Å². The summed E-state index contributed by atoms with van der Waals surface area (Å²) in [5.74, 6) is -0.246. The number of halogens is 3. The molecule has 3 N–H and O–H groups in total. The van der Waals surface area contributed by atoms with Gasteiger partial charge in [-0.25, -0.2) is 4.98 Å². The average molecular weight is 292 g/mol. The quantitative estimate of drug-likeness (QED) is 0.893. The van der Waals surface area contributed by atoms with Gasteiger partial charge in [0.05, 0.1) is 0 Å². The highest BCUT2D eigenvalue weighted by Crippen LogP contribution is 2.42. The van der Waals surface area contributed by atoms with Crippen LogP contribution in [0.5, 0.6) is 0 Å². The minimum absolute atomic E-state index is 0.109. The summed E-state index contributed by atoms with van der Waals surface area (Å²) in [5, 5.41) is 2.94. The van der Waals surface area contributed by atoms with Crippen molar-refractivity contribution in [2.45, 2.75) is 30.2 Å². The highest BCUT2D eigenvalue weighted by molar-refractivity contribution is 8.00. The minimum atomic E-state index is -4.51. The maximum Gasteiger partial charge on any atom is 0.433 e. The van der Waals surface area contributed by atoms with E-state index >= 15 is 0 Å². The lowest BCUT2D eigenvalue weighted by Gasteiger charge is -2.40. The van der Waals surface area contributed by atoms with Gasteiger partial charge in [0.2, 0.25) is 5.95 Å². The molecule has 0 atom stereocenters. The van der Waals surface area contributed by atoms with E-state index in [2.05, 4.69) is 15.3 Å². The number of nitrogen functional groups attached to an aromatic ring is 1. The third-order valence-corrected chi connectivity index (χ3v) is 4.74. The summed E-state index contributed by atoms with van der Waals surface area (Å²) in [7, 11) is 0. The molecule has 1 heterocycles. The van der Waals surface area contributed by atoms with E-state index in [1.165, 1.54) is 0 Å². The van der Waals surface area contributed by atoms with Crippen molar-refractivity contribution < 1.29 is 13.2 Å². The summed E-state index contributed by atoms with van der Waals surface area (Å²) in [4.78, 5) is 6.99. The highest BCUT2D eigenvalue weighted by atomic mass is 32.2. The maximum absolute atomic E-state index is 12.6. The van der Waals surface area contributed by atoms with Crippen LogP contribution in [-0.4, -0.2) is 27.5 Å². The molecule has 1 aromatic heterocycles. The van der Waals surface area contributed by atoms with Gasteiger partial charge in [-0.15, -0.1) is 0 Å². The van der Waals surface area contributed by atoms with Crippen LogP contribution < -0.4 is 11.1 Å². The van der Waals surface area contributed by atoms with Crippen LogP contribution in [0.2, 0.25) is 0 Å². The first-order valence-electron chi connectivity index (χ1n) is 5.85. The fourth-order valence-electron chi connectivity index (χ4n) is 1.98. The zero-order chi connectivity index (χ0) is 14.1. The molecule has 0 bridgehead atoms. The average Bonchev–Trinajstić information content (AvgIpc) is 2.26. The van der Waals surface area contributed by atoms with Gasteiger partial charge in [0.25, 0.3) is 0 Å². The normalized spacial score (nSPS) is 17.9. The molecule has 1 aliphatic rings. The second kappa shape index (κ2) is 5.07. The summed E-state index contributed by atoms with van der Waals surface area (Å²) < 4.78 is 37.9. The van der Waals surface area contributed by atoms with Gasteiger partial charge in [0, 0.05) is 17.4 Å². The fraction of sp³-hybridized carbons (Fsp3) is 0.636. The van der Waals surface area contributed by atoms with Crippen molar-refractivity contribution in [2.75, 3.05) is 23.9 Å². The number of aromatic nitrogens is 2. The number of hydrogen-bond acceptors (Lipinski definition) is 5. The van der Waals surface area contributed by atoms with Crippen LogP contribution in [0.15, 0.2) is 6.07 Å². The molecule has 0 radical (unpaired) electrons. The number of alkyl halides is 3. The predicted octanol–water partition coefficient (Wildman–Crippen LogP) is 2.78. The molecular formula is C11H15F3N4S. The van der Waals surface area contributed by atoms with E-state index < -0.39 is 11.9 Å². The topological polar surface area (TPSA) is 63.8 Å². The monoisotopic (exact) mass is 292 g/mol. The van der Waals surface area contributed by atoms with Crippen LogP contribution in [0.25, 0.3) is 0 Å². The van der Waals surface area contributed by atoms with Crippen molar-refractivity contribution in [1.82, 2.24) is 9.97 Å². The third-order valence-electron chi connectivity index (χ3n) is 3.32. The Hall–Kier alpha value is -1.18. The van der Waals surface area contributed by atoms with Crippen molar-refractivity contribution in [3.63, 3.8) is 0 Å². The summed E-state index contributed by atoms with van der Waals surface area (Å²) in [5.41, 5.74) is 4.29. The summed E-state index contributed by atoms with van der Waals surface area (Å²) >= 11 is 1.73. The van der Waals surface area contributed by atoms with Gasteiger partial charge in [0.1, 0.15) is 5.82 Å². The summed E-state index contributed by atoms with van der Waals surface area (Å²) in [6, 6.07) is 0.892. The van der Waals surface area contributed by atoms with Crippen LogP contribution >= 0.6 is 11.8 Å². The van der Waals surface area contributed by atoms with Crippen LogP contribution in [0.4, 0.5) is 24.9 Å². The van der Waals surface area contributed by atoms with Crippen LogP contribution in [0.3, 0.4) is 0 Å². The molecular weight excluding hydrogens is 277 g/mol. The van der Waals surface area contributed by atoms with E-state index in [0.717, 1.165) is 25.3 Å². The molecule has 0 saturated heterocycles. The first-order valence-corrected chi connectivity index (χ1v) is 7.08. The number of nitrogens with one attached hydrogen (secondary N) is 1. The van der Waals surface area contributed by atoms with Crippen molar-refractivity contribution in [3.8, 4) is 0 Å². The zero-order valence-corrected chi connectivity index (χ0v) is 11.2. The Morgan fingerprint density at radius 1 is 1.42 bits per heavy atom. The fourth-order valence-corrected chi connectivity index (χ4v) is 2.89. The molecule has 19 heavy (non-hydrogen) atoms. The van der Waals surface area contributed by atoms with Crippen molar-refractivity contribution >= 4 is 23.5 Å². The lowest BCUT2D eigenvalue weighted by atomic mass is 9.84. The Bertz CT molecular complexity index is 454. The Balaban J connectivity index is 2.10. The SMILES string of the molecule is CSC1(CNc2cc(C(F)(F)F)nc(N)n2)CCC1. The Labute approximate surface area is 113 Å². The highest BCUT2D eigenvalue weighted by Gasteiger charge is 2.37. The van der Waals surface area contributed by atoms with E-state index in [1.807, 2.05) is 6.26 Å². The molecule has 1 saturated carbocycles. The second-order valence-corrected chi connectivity index (χ2v) is 5.86. The first-order chi connectivity index (χ1) is 8.85. The van der Waals surface area contributed by atoms with Crippen LogP contribution in [0, 0.1) is 0 Å². The smallest absolute Gasteiger partial charge is 0.368 e. The van der Waals surface area contributed by atoms with E-state index in [4.69, 9.17) is 5.73 Å². The maximum atomic E-state index is 12.6. The van der Waals surface area contributed by atoms with Crippen LogP contribution in [-0.2, 0) is 6.18 Å². The molecule has 1 aromatic rings. The van der Waals surface area contributed by atoms with Crippen LogP contribution in [0.1, 0.15) is 25.0 Å². The Morgan fingerprint density at radius 2 is 2.11 bits per heavy atom. The van der Waals surface area contributed by atoms with Gasteiger partial charge in [-0.1, -0.05) is 6.42 Å². The Morgan fingerprint density at radius 3 is 2.58 bits per heavy atom. The predicted molar refractivity (Wildman–Crippen MR) is 70.0 cm³/mol. The second-order valence-electron chi connectivity index (χ2n) is 4.59. The molecule has 1 fully saturated rings.